The molecule has 0 saturated heterocycles. The highest BCUT2D eigenvalue weighted by atomic mass is 79.9. The smallest absolute Gasteiger partial charge is 0.220 e. The summed E-state index contributed by atoms with van der Waals surface area (Å²) in [7, 11) is 1.45. The number of methoxy groups -OCH3 is 1. The molecule has 0 aliphatic carbocycles. The number of thioether (sulfide) groups is 1. The lowest BCUT2D eigenvalue weighted by Gasteiger charge is -2.18. The van der Waals surface area contributed by atoms with Gasteiger partial charge in [-0.15, -0.1) is 10.2 Å². The fourth-order valence-corrected chi connectivity index (χ4v) is 5.34. The molecule has 8 nitrogen and oxygen atoms in total. The van der Waals surface area contributed by atoms with Crippen molar-refractivity contribution < 1.29 is 23.2 Å². The van der Waals surface area contributed by atoms with Crippen molar-refractivity contribution in [2.45, 2.75) is 23.9 Å². The van der Waals surface area contributed by atoms with Crippen molar-refractivity contribution in [3.05, 3.63) is 104 Å². The van der Waals surface area contributed by atoms with Crippen LogP contribution >= 0.6 is 27.7 Å². The van der Waals surface area contributed by atoms with E-state index in [0.29, 0.717) is 43.8 Å². The molecule has 0 amide bonds. The molecule has 0 aliphatic rings. The van der Waals surface area contributed by atoms with Gasteiger partial charge < -0.3 is 9.47 Å². The Labute approximate surface area is 223 Å². The number of ether oxygens (including phenoxy) is 2. The van der Waals surface area contributed by atoms with Gasteiger partial charge in [0.25, 0.3) is 0 Å². The lowest BCUT2D eigenvalue weighted by molar-refractivity contribution is -0.479. The molecule has 1 atom stereocenters. The fourth-order valence-electron chi connectivity index (χ4n) is 3.61. The van der Waals surface area contributed by atoms with E-state index in [0.717, 1.165) is 11.8 Å². The van der Waals surface area contributed by atoms with Gasteiger partial charge in [-0.1, -0.05) is 30.0 Å². The fraction of sp³-hybridized carbons (Fsp3) is 0.200. The van der Waals surface area contributed by atoms with Gasteiger partial charge in [-0.25, -0.2) is 8.78 Å². The van der Waals surface area contributed by atoms with Gasteiger partial charge in [-0.2, -0.15) is 0 Å². The summed E-state index contributed by atoms with van der Waals surface area (Å²) in [5.41, 5.74) is 1.58. The second-order valence-electron chi connectivity index (χ2n) is 7.88. The Hall–Kier alpha value is -3.51. The molecule has 0 unspecified atom stereocenters. The van der Waals surface area contributed by atoms with E-state index in [1.54, 1.807) is 54.0 Å². The predicted octanol–water partition coefficient (Wildman–Crippen LogP) is 6.31. The standard InChI is InChI=1S/C25H21BrF2N4O4S/c1-15-29-30-25(32(15)19-9-7-18(27)8-10-19)37-23(13-31(33)34)17-11-20(26)24(22(12-17)35-2)36-14-16-5-3-4-6-21(16)28/h3-12,23H,13-14H2,1-2H3/t23-/m1/s1. The SMILES string of the molecule is COc1cc([C@@H](C[N+](=O)[O-])Sc2nnc(C)n2-c2ccc(F)cc2)cc(Br)c1OCc1ccccc1F. The van der Waals surface area contributed by atoms with E-state index < -0.39 is 22.5 Å². The zero-order chi connectivity index (χ0) is 26.5. The average molecular weight is 591 g/mol. The first kappa shape index (κ1) is 26.6. The minimum Gasteiger partial charge on any atom is -0.493 e. The van der Waals surface area contributed by atoms with Crippen LogP contribution in [0.15, 0.2) is 70.3 Å². The van der Waals surface area contributed by atoms with Crippen molar-refractivity contribution in [2.75, 3.05) is 13.7 Å². The summed E-state index contributed by atoms with van der Waals surface area (Å²) in [5.74, 6) is 0.432. The van der Waals surface area contributed by atoms with Gasteiger partial charge in [0.1, 0.15) is 29.3 Å². The number of aromatic nitrogens is 3. The van der Waals surface area contributed by atoms with Crippen LogP contribution in [-0.4, -0.2) is 33.3 Å². The number of halogens is 3. The highest BCUT2D eigenvalue weighted by Gasteiger charge is 2.26. The first-order valence-corrected chi connectivity index (χ1v) is 12.6. The molecular weight excluding hydrogens is 570 g/mol. The van der Waals surface area contributed by atoms with E-state index in [4.69, 9.17) is 9.47 Å². The molecule has 4 aromatic rings. The molecule has 12 heteroatoms. The lowest BCUT2D eigenvalue weighted by atomic mass is 10.1. The van der Waals surface area contributed by atoms with Crippen molar-refractivity contribution >= 4 is 27.7 Å². The van der Waals surface area contributed by atoms with Crippen molar-refractivity contribution in [1.82, 2.24) is 14.8 Å². The Balaban J connectivity index is 1.66. The van der Waals surface area contributed by atoms with Gasteiger partial charge >= 0.3 is 0 Å². The maximum atomic E-state index is 14.0. The third-order valence-corrected chi connectivity index (χ3v) is 7.17. The normalized spacial score (nSPS) is 11.8. The number of aryl methyl sites for hydroxylation is 1. The summed E-state index contributed by atoms with van der Waals surface area (Å²) in [6.45, 7) is 1.30. The molecule has 4 rings (SSSR count). The van der Waals surface area contributed by atoms with Gasteiger partial charge in [0.05, 0.1) is 11.6 Å². The number of hydrogen-bond acceptors (Lipinski definition) is 7. The van der Waals surface area contributed by atoms with Crippen molar-refractivity contribution in [2.24, 2.45) is 0 Å². The van der Waals surface area contributed by atoms with Crippen molar-refractivity contribution in [1.29, 1.82) is 0 Å². The summed E-state index contributed by atoms with van der Waals surface area (Å²) in [6.07, 6.45) is 0. The maximum absolute atomic E-state index is 14.0. The summed E-state index contributed by atoms with van der Waals surface area (Å²) >= 11 is 4.62. The summed E-state index contributed by atoms with van der Waals surface area (Å²) in [5, 5.41) is 19.6. The van der Waals surface area contributed by atoms with Gasteiger partial charge in [0, 0.05) is 16.2 Å². The van der Waals surface area contributed by atoms with E-state index in [2.05, 4.69) is 26.1 Å². The molecule has 0 fully saturated rings. The molecule has 0 bridgehead atoms. The minimum atomic E-state index is -0.677. The number of benzene rings is 3. The molecule has 1 heterocycles. The quantitative estimate of drug-likeness (QED) is 0.121. The Bertz CT molecular complexity index is 1420. The second-order valence-corrected chi connectivity index (χ2v) is 9.90. The van der Waals surface area contributed by atoms with Crippen LogP contribution in [0.5, 0.6) is 11.5 Å². The molecule has 3 aromatic carbocycles. The van der Waals surface area contributed by atoms with E-state index in [9.17, 15) is 18.9 Å². The molecule has 0 radical (unpaired) electrons. The Morgan fingerprint density at radius 3 is 2.54 bits per heavy atom. The van der Waals surface area contributed by atoms with Crippen LogP contribution in [0, 0.1) is 28.7 Å². The third-order valence-electron chi connectivity index (χ3n) is 5.40. The van der Waals surface area contributed by atoms with Gasteiger partial charge in [-0.3, -0.25) is 14.7 Å². The Morgan fingerprint density at radius 2 is 1.86 bits per heavy atom. The third kappa shape index (κ3) is 6.25. The second kappa shape index (κ2) is 11.7. The summed E-state index contributed by atoms with van der Waals surface area (Å²) < 4.78 is 41.0. The Kier molecular flexibility index (Phi) is 8.39. The molecule has 0 spiro atoms. The van der Waals surface area contributed by atoms with Crippen LogP contribution in [0.1, 0.15) is 22.2 Å². The zero-order valence-electron chi connectivity index (χ0n) is 19.7. The van der Waals surface area contributed by atoms with Crippen LogP contribution in [0.3, 0.4) is 0 Å². The van der Waals surface area contributed by atoms with E-state index in [1.807, 2.05) is 0 Å². The van der Waals surface area contributed by atoms with Crippen LogP contribution in [0.25, 0.3) is 5.69 Å². The number of rotatable bonds is 10. The van der Waals surface area contributed by atoms with E-state index in [1.165, 1.54) is 25.3 Å². The monoisotopic (exact) mass is 590 g/mol. The number of nitrogens with zero attached hydrogens (tertiary/aromatic N) is 4. The van der Waals surface area contributed by atoms with Crippen LogP contribution in [0.4, 0.5) is 8.78 Å². The topological polar surface area (TPSA) is 92.3 Å². The Morgan fingerprint density at radius 1 is 1.14 bits per heavy atom. The molecule has 0 saturated carbocycles. The number of nitro groups is 1. The molecular formula is C25H21BrF2N4O4S. The maximum Gasteiger partial charge on any atom is 0.220 e. The lowest BCUT2D eigenvalue weighted by Crippen LogP contribution is -2.12. The molecule has 0 aliphatic heterocycles. The largest absolute Gasteiger partial charge is 0.493 e. The molecule has 192 valence electrons. The predicted molar refractivity (Wildman–Crippen MR) is 138 cm³/mol. The first-order chi connectivity index (χ1) is 17.8. The number of hydrogen-bond donors (Lipinski definition) is 0. The molecule has 37 heavy (non-hydrogen) atoms. The van der Waals surface area contributed by atoms with Crippen LogP contribution in [0.2, 0.25) is 0 Å². The first-order valence-electron chi connectivity index (χ1n) is 11.0. The van der Waals surface area contributed by atoms with E-state index >= 15 is 0 Å². The van der Waals surface area contributed by atoms with Gasteiger partial charge in [-0.05, 0) is 70.9 Å². The highest BCUT2D eigenvalue weighted by molar-refractivity contribution is 9.10. The van der Waals surface area contributed by atoms with Gasteiger partial charge in [0.15, 0.2) is 16.7 Å². The summed E-state index contributed by atoms with van der Waals surface area (Å²) in [4.78, 5) is 11.2. The molecule has 1 aromatic heterocycles. The zero-order valence-corrected chi connectivity index (χ0v) is 22.1. The van der Waals surface area contributed by atoms with Crippen LogP contribution < -0.4 is 9.47 Å². The van der Waals surface area contributed by atoms with E-state index in [-0.39, 0.29) is 12.4 Å². The van der Waals surface area contributed by atoms with Crippen molar-refractivity contribution in [3.63, 3.8) is 0 Å². The van der Waals surface area contributed by atoms with Crippen molar-refractivity contribution in [3.8, 4) is 17.2 Å². The highest BCUT2D eigenvalue weighted by Crippen LogP contribution is 2.43. The average Bonchev–Trinajstić information content (AvgIpc) is 3.23. The van der Waals surface area contributed by atoms with Gasteiger partial charge in [0.2, 0.25) is 6.54 Å². The summed E-state index contributed by atoms with van der Waals surface area (Å²) in [6, 6.07) is 15.4. The minimum absolute atomic E-state index is 0.0336. The molecule has 0 N–H and O–H groups in total. The van der Waals surface area contributed by atoms with Crippen LogP contribution in [-0.2, 0) is 6.61 Å².